The van der Waals surface area contributed by atoms with Gasteiger partial charge in [-0.25, -0.2) is 5.01 Å². The quantitative estimate of drug-likeness (QED) is 0.397. The van der Waals surface area contributed by atoms with Gasteiger partial charge in [-0.1, -0.05) is 54.8 Å². The predicted octanol–water partition coefficient (Wildman–Crippen LogP) is 3.98. The fourth-order valence-corrected chi connectivity index (χ4v) is 4.55. The van der Waals surface area contributed by atoms with Gasteiger partial charge in [0.1, 0.15) is 5.56 Å². The molecule has 1 aliphatic heterocycles. The number of rotatable bonds is 5. The Balaban J connectivity index is 1.78. The van der Waals surface area contributed by atoms with Crippen LogP contribution in [0.4, 0.5) is 5.69 Å². The van der Waals surface area contributed by atoms with E-state index in [2.05, 4.69) is 0 Å². The Labute approximate surface area is 183 Å². The number of nitrogens with zero attached hydrogens (tertiary/aromatic N) is 3. The lowest BCUT2D eigenvalue weighted by molar-refractivity contribution is -0.385. The van der Waals surface area contributed by atoms with E-state index in [4.69, 9.17) is 11.6 Å². The standard InChI is InChI=1S/C22H20ClN3O5/c23-18-11-5-1-7-14(18)13-24(20(27)17-10-4-6-12-19(17)26(30)31)25-21(28)15-8-2-3-9-16(15)22(25)29/h1,4-7,10-12,15-16H,2-3,8-9,13H2/t15-,16-/m1/s1. The number of fused-ring (bicyclic) bond motifs is 1. The molecule has 2 aliphatic rings. The first kappa shape index (κ1) is 21.0. The molecule has 0 bridgehead atoms. The third-order valence-electron chi connectivity index (χ3n) is 5.90. The topological polar surface area (TPSA) is 101 Å². The summed E-state index contributed by atoms with van der Waals surface area (Å²) < 4.78 is 0. The van der Waals surface area contributed by atoms with Gasteiger partial charge in [0.05, 0.1) is 23.3 Å². The van der Waals surface area contributed by atoms with Gasteiger partial charge in [0.2, 0.25) is 0 Å². The first-order chi connectivity index (χ1) is 14.9. The highest BCUT2D eigenvalue weighted by atomic mass is 35.5. The van der Waals surface area contributed by atoms with E-state index in [0.717, 1.165) is 22.9 Å². The molecule has 1 saturated heterocycles. The van der Waals surface area contributed by atoms with Crippen molar-refractivity contribution in [2.75, 3.05) is 0 Å². The zero-order valence-electron chi connectivity index (χ0n) is 16.6. The summed E-state index contributed by atoms with van der Waals surface area (Å²) in [6.07, 6.45) is 2.87. The van der Waals surface area contributed by atoms with E-state index < -0.39 is 40.2 Å². The van der Waals surface area contributed by atoms with E-state index in [-0.39, 0.29) is 12.1 Å². The highest BCUT2D eigenvalue weighted by Gasteiger charge is 2.51. The summed E-state index contributed by atoms with van der Waals surface area (Å²) in [5.74, 6) is -2.60. The van der Waals surface area contributed by atoms with Crippen LogP contribution in [0.25, 0.3) is 0 Å². The summed E-state index contributed by atoms with van der Waals surface area (Å²) in [5, 5.41) is 13.7. The van der Waals surface area contributed by atoms with Crippen LogP contribution in [0, 0.1) is 22.0 Å². The predicted molar refractivity (Wildman–Crippen MR) is 112 cm³/mol. The Bertz CT molecular complexity index is 1050. The molecule has 2 aromatic rings. The fraction of sp³-hybridized carbons (Fsp3) is 0.318. The van der Waals surface area contributed by atoms with E-state index in [1.54, 1.807) is 24.3 Å². The lowest BCUT2D eigenvalue weighted by Gasteiger charge is -2.30. The van der Waals surface area contributed by atoms with Crippen molar-refractivity contribution < 1.29 is 19.3 Å². The number of amides is 3. The van der Waals surface area contributed by atoms with Crippen molar-refractivity contribution >= 4 is 35.0 Å². The second-order valence-electron chi connectivity index (χ2n) is 7.71. The summed E-state index contributed by atoms with van der Waals surface area (Å²) >= 11 is 6.27. The SMILES string of the molecule is O=C(c1ccccc1[N+](=O)[O-])N(Cc1ccccc1Cl)N1C(=O)[C@@H]2CCCC[C@H]2C1=O. The van der Waals surface area contributed by atoms with E-state index >= 15 is 0 Å². The molecule has 1 saturated carbocycles. The van der Waals surface area contributed by atoms with Crippen LogP contribution in [0.3, 0.4) is 0 Å². The van der Waals surface area contributed by atoms with Crippen molar-refractivity contribution in [3.63, 3.8) is 0 Å². The molecule has 0 N–H and O–H groups in total. The number of benzene rings is 2. The van der Waals surface area contributed by atoms with Crippen LogP contribution in [0.1, 0.15) is 41.6 Å². The molecular weight excluding hydrogens is 422 g/mol. The molecule has 1 aliphatic carbocycles. The second kappa shape index (κ2) is 8.47. The van der Waals surface area contributed by atoms with E-state index in [9.17, 15) is 24.5 Å². The van der Waals surface area contributed by atoms with Crippen molar-refractivity contribution in [3.05, 3.63) is 74.8 Å². The zero-order chi connectivity index (χ0) is 22.1. The number of carbonyl (C=O) groups excluding carboxylic acids is 3. The number of imide groups is 1. The van der Waals surface area contributed by atoms with Crippen LogP contribution in [-0.2, 0) is 16.1 Å². The Kier molecular flexibility index (Phi) is 5.73. The number of carbonyl (C=O) groups is 3. The van der Waals surface area contributed by atoms with Gasteiger partial charge in [-0.05, 0) is 30.5 Å². The first-order valence-electron chi connectivity index (χ1n) is 10.1. The highest BCUT2D eigenvalue weighted by Crippen LogP contribution is 2.39. The molecule has 0 radical (unpaired) electrons. The number of hydrogen-bond donors (Lipinski definition) is 0. The average Bonchev–Trinajstić information content (AvgIpc) is 3.03. The van der Waals surface area contributed by atoms with Crippen molar-refractivity contribution in [2.24, 2.45) is 11.8 Å². The Hall–Kier alpha value is -3.26. The normalized spacial score (nSPS) is 20.5. The van der Waals surface area contributed by atoms with Crippen LogP contribution in [0.15, 0.2) is 48.5 Å². The monoisotopic (exact) mass is 441 g/mol. The van der Waals surface area contributed by atoms with Gasteiger partial charge in [-0.3, -0.25) is 24.5 Å². The number of nitro groups is 1. The number of hydrogen-bond acceptors (Lipinski definition) is 5. The van der Waals surface area contributed by atoms with E-state index in [1.807, 2.05) is 0 Å². The molecule has 3 amide bonds. The van der Waals surface area contributed by atoms with Gasteiger partial charge in [0, 0.05) is 11.1 Å². The maximum atomic E-state index is 13.5. The van der Waals surface area contributed by atoms with Crippen molar-refractivity contribution in [3.8, 4) is 0 Å². The Morgan fingerprint density at radius 2 is 1.61 bits per heavy atom. The van der Waals surface area contributed by atoms with E-state index in [0.29, 0.717) is 23.4 Å². The van der Waals surface area contributed by atoms with E-state index in [1.165, 1.54) is 24.3 Å². The van der Waals surface area contributed by atoms with Gasteiger partial charge in [0.15, 0.2) is 0 Å². The molecule has 2 aromatic carbocycles. The number of hydrazine groups is 1. The summed E-state index contributed by atoms with van der Waals surface area (Å²) in [4.78, 5) is 50.7. The molecule has 0 unspecified atom stereocenters. The Morgan fingerprint density at radius 3 is 2.23 bits per heavy atom. The fourth-order valence-electron chi connectivity index (χ4n) is 4.36. The van der Waals surface area contributed by atoms with Crippen LogP contribution in [0.2, 0.25) is 5.02 Å². The van der Waals surface area contributed by atoms with Gasteiger partial charge >= 0.3 is 0 Å². The smallest absolute Gasteiger partial charge is 0.272 e. The number of halogens is 1. The minimum Gasteiger partial charge on any atom is -0.272 e. The molecule has 4 rings (SSSR count). The Morgan fingerprint density at radius 1 is 1.03 bits per heavy atom. The lowest BCUT2D eigenvalue weighted by Crippen LogP contribution is -2.50. The summed E-state index contributed by atoms with van der Waals surface area (Å²) in [5.41, 5.74) is -0.0743. The zero-order valence-corrected chi connectivity index (χ0v) is 17.3. The molecule has 8 nitrogen and oxygen atoms in total. The summed E-state index contributed by atoms with van der Waals surface area (Å²) in [6, 6.07) is 12.3. The molecule has 1 heterocycles. The minimum atomic E-state index is -0.799. The van der Waals surface area contributed by atoms with Crippen molar-refractivity contribution in [1.29, 1.82) is 0 Å². The highest BCUT2D eigenvalue weighted by molar-refractivity contribution is 6.31. The molecule has 0 spiro atoms. The molecule has 31 heavy (non-hydrogen) atoms. The molecule has 9 heteroatoms. The number of nitro benzene ring substituents is 1. The third kappa shape index (κ3) is 3.79. The first-order valence-corrected chi connectivity index (χ1v) is 10.4. The van der Waals surface area contributed by atoms with Crippen LogP contribution in [-0.4, -0.2) is 32.7 Å². The number of para-hydroxylation sites is 1. The third-order valence-corrected chi connectivity index (χ3v) is 6.27. The minimum absolute atomic E-state index is 0.165. The van der Waals surface area contributed by atoms with Crippen molar-refractivity contribution in [1.82, 2.24) is 10.0 Å². The van der Waals surface area contributed by atoms with Crippen LogP contribution >= 0.6 is 11.6 Å². The molecule has 160 valence electrons. The molecule has 2 fully saturated rings. The summed E-state index contributed by atoms with van der Waals surface area (Å²) in [7, 11) is 0. The van der Waals surface area contributed by atoms with Gasteiger partial charge in [-0.15, -0.1) is 0 Å². The largest absolute Gasteiger partial charge is 0.282 e. The molecule has 2 atom stereocenters. The maximum absolute atomic E-state index is 13.5. The van der Waals surface area contributed by atoms with Gasteiger partial charge in [0.25, 0.3) is 23.4 Å². The van der Waals surface area contributed by atoms with Gasteiger partial charge in [-0.2, -0.15) is 5.01 Å². The molecular formula is C22H20ClN3O5. The van der Waals surface area contributed by atoms with Crippen molar-refractivity contribution in [2.45, 2.75) is 32.2 Å². The second-order valence-corrected chi connectivity index (χ2v) is 8.12. The van der Waals surface area contributed by atoms with Gasteiger partial charge < -0.3 is 0 Å². The summed E-state index contributed by atoms with van der Waals surface area (Å²) in [6.45, 7) is -0.165. The molecule has 0 aromatic heterocycles. The van der Waals surface area contributed by atoms with Crippen LogP contribution < -0.4 is 0 Å². The van der Waals surface area contributed by atoms with Crippen LogP contribution in [0.5, 0.6) is 0 Å². The lowest BCUT2D eigenvalue weighted by atomic mass is 9.81. The maximum Gasteiger partial charge on any atom is 0.282 e. The average molecular weight is 442 g/mol.